The molecule has 272 valence electrons. The topological polar surface area (TPSA) is 4.93 Å². The van der Waals surface area contributed by atoms with Gasteiger partial charge in [-0.15, -0.1) is 0 Å². The minimum atomic E-state index is -0.409. The summed E-state index contributed by atoms with van der Waals surface area (Å²) >= 11 is 0. The summed E-state index contributed by atoms with van der Waals surface area (Å²) < 4.78 is 2.55. The van der Waals surface area contributed by atoms with Gasteiger partial charge in [0.1, 0.15) is 0 Å². The lowest BCUT2D eigenvalue weighted by atomic mass is 9.49. The maximum absolute atomic E-state index is 2.60. The highest BCUT2D eigenvalue weighted by molar-refractivity contribution is 6.09. The van der Waals surface area contributed by atoms with Crippen LogP contribution in [0.25, 0.3) is 33.0 Å². The first-order valence-corrected chi connectivity index (χ1v) is 20.8. The van der Waals surface area contributed by atoms with Gasteiger partial charge in [-0.1, -0.05) is 182 Å². The van der Waals surface area contributed by atoms with E-state index in [0.717, 1.165) is 32.1 Å². The Balaban J connectivity index is 1.12. The Labute approximate surface area is 335 Å². The number of rotatable bonds is 5. The minimum absolute atomic E-state index is 0.314. The van der Waals surface area contributed by atoms with E-state index in [0.29, 0.717) is 6.04 Å². The van der Waals surface area contributed by atoms with Gasteiger partial charge in [-0.3, -0.25) is 0 Å². The van der Waals surface area contributed by atoms with E-state index < -0.39 is 5.41 Å². The zero-order valence-electron chi connectivity index (χ0n) is 32.0. The van der Waals surface area contributed by atoms with E-state index in [9.17, 15) is 0 Å². The monoisotopic (exact) mass is 729 g/mol. The molecule has 3 unspecified atom stereocenters. The number of aromatic nitrogens is 1. The van der Waals surface area contributed by atoms with Crippen molar-refractivity contribution in [1.82, 2.24) is 4.57 Å². The third kappa shape index (κ3) is 4.40. The first-order chi connectivity index (χ1) is 28.3. The summed E-state index contributed by atoms with van der Waals surface area (Å²) in [4.78, 5) is 0. The van der Waals surface area contributed by atoms with Gasteiger partial charge in [-0.05, 0) is 112 Å². The fourth-order valence-electron chi connectivity index (χ4n) is 11.8. The SMILES string of the molecule is C1=CCC(n2c3ccccc3c3cc(C4=CCCC(C5(c6ccccc6)C6=C7C(=CCC6)c6ccccc6C7(c6ccccc6)c6ccccc65)=C4)ccc32)C=C1. The van der Waals surface area contributed by atoms with E-state index in [1.165, 1.54) is 83.0 Å². The van der Waals surface area contributed by atoms with E-state index in [-0.39, 0.29) is 5.41 Å². The molecule has 1 nitrogen and oxygen atoms in total. The van der Waals surface area contributed by atoms with Crippen molar-refractivity contribution in [3.05, 3.63) is 250 Å². The predicted octanol–water partition coefficient (Wildman–Crippen LogP) is 13.8. The van der Waals surface area contributed by atoms with Crippen LogP contribution in [0.3, 0.4) is 0 Å². The zero-order chi connectivity index (χ0) is 37.6. The molecule has 0 saturated carbocycles. The maximum Gasteiger partial charge on any atom is 0.0716 e. The fraction of sp³-hybridized carbons (Fsp3) is 0.143. The summed E-state index contributed by atoms with van der Waals surface area (Å²) in [6, 6.07) is 58.2. The molecule has 1 heterocycles. The molecular formula is C56H43N. The van der Waals surface area contributed by atoms with Crippen molar-refractivity contribution in [2.45, 2.75) is 49.0 Å². The standard InChI is InChI=1S/C56H43N/c1-4-19-40(20-5-1)55(42-23-16-18-38(36-42)39-34-35-53-47(37-39)45-27-11-15-33-52(45)57(53)43-24-8-3-9-25-43)49-30-13-14-31-50(49)56(41-21-6-2-7-22-41)48-29-12-10-26-44(48)46-28-17-32-51(55)54(46)56/h1-15,18-22,24,26-31,33-37,43H,16-17,23,25,32H2. The van der Waals surface area contributed by atoms with Crippen LogP contribution < -0.4 is 0 Å². The molecule has 0 amide bonds. The highest BCUT2D eigenvalue weighted by Gasteiger charge is 2.59. The van der Waals surface area contributed by atoms with Gasteiger partial charge in [0.15, 0.2) is 0 Å². The van der Waals surface area contributed by atoms with Crippen molar-refractivity contribution >= 4 is 33.0 Å². The molecule has 0 N–H and O–H groups in total. The second-order valence-electron chi connectivity index (χ2n) is 16.4. The molecule has 7 aromatic rings. The lowest BCUT2D eigenvalue weighted by Crippen LogP contribution is -2.45. The smallest absolute Gasteiger partial charge is 0.0716 e. The van der Waals surface area contributed by atoms with Crippen molar-refractivity contribution in [3.63, 3.8) is 0 Å². The molecule has 0 aliphatic heterocycles. The normalized spacial score (nSPS) is 23.2. The second-order valence-corrected chi connectivity index (χ2v) is 16.4. The molecule has 0 spiro atoms. The number of fused-ring (bicyclic) bond motifs is 8. The summed E-state index contributed by atoms with van der Waals surface area (Å²) in [7, 11) is 0. The van der Waals surface area contributed by atoms with E-state index in [1.54, 1.807) is 5.57 Å². The first-order valence-electron chi connectivity index (χ1n) is 20.8. The quantitative estimate of drug-likeness (QED) is 0.166. The van der Waals surface area contributed by atoms with Gasteiger partial charge in [0.05, 0.1) is 16.9 Å². The van der Waals surface area contributed by atoms with Gasteiger partial charge in [0.25, 0.3) is 0 Å². The van der Waals surface area contributed by atoms with Crippen LogP contribution in [0.1, 0.15) is 77.1 Å². The van der Waals surface area contributed by atoms with Crippen LogP contribution in [0.5, 0.6) is 0 Å². The molecule has 0 saturated heterocycles. The Morgan fingerprint density at radius 1 is 0.544 bits per heavy atom. The van der Waals surface area contributed by atoms with Crippen LogP contribution in [0.4, 0.5) is 0 Å². The van der Waals surface area contributed by atoms with Crippen LogP contribution in [0.2, 0.25) is 0 Å². The molecule has 6 aromatic carbocycles. The summed E-state index contributed by atoms with van der Waals surface area (Å²) in [5.41, 5.74) is 18.8. The number of para-hydroxylation sites is 1. The van der Waals surface area contributed by atoms with E-state index in [4.69, 9.17) is 0 Å². The number of benzene rings is 6. The van der Waals surface area contributed by atoms with Crippen LogP contribution >= 0.6 is 0 Å². The molecule has 0 bridgehead atoms. The average Bonchev–Trinajstić information content (AvgIpc) is 3.79. The predicted molar refractivity (Wildman–Crippen MR) is 237 cm³/mol. The summed E-state index contributed by atoms with van der Waals surface area (Å²) in [5, 5.41) is 2.66. The number of hydrogen-bond donors (Lipinski definition) is 0. The van der Waals surface area contributed by atoms with Crippen molar-refractivity contribution in [3.8, 4) is 0 Å². The van der Waals surface area contributed by atoms with Gasteiger partial charge < -0.3 is 4.57 Å². The Hall–Kier alpha value is -6.44. The highest BCUT2D eigenvalue weighted by atomic mass is 15.0. The minimum Gasteiger partial charge on any atom is -0.333 e. The highest BCUT2D eigenvalue weighted by Crippen LogP contribution is 2.68. The zero-order valence-corrected chi connectivity index (χ0v) is 32.0. The molecule has 1 heteroatoms. The molecular weight excluding hydrogens is 687 g/mol. The number of nitrogens with zero attached hydrogens (tertiary/aromatic N) is 1. The third-order valence-corrected chi connectivity index (χ3v) is 13.8. The van der Waals surface area contributed by atoms with Crippen LogP contribution in [0, 0.1) is 0 Å². The molecule has 0 fully saturated rings. The Kier molecular flexibility index (Phi) is 7.21. The molecule has 1 aromatic heterocycles. The largest absolute Gasteiger partial charge is 0.333 e. The molecule has 5 aliphatic rings. The summed E-state index contributed by atoms with van der Waals surface area (Å²) in [5.74, 6) is 0. The van der Waals surface area contributed by atoms with Gasteiger partial charge in [0.2, 0.25) is 0 Å². The number of hydrogen-bond acceptors (Lipinski definition) is 0. The Morgan fingerprint density at radius 3 is 2.00 bits per heavy atom. The van der Waals surface area contributed by atoms with Crippen LogP contribution in [-0.4, -0.2) is 4.57 Å². The van der Waals surface area contributed by atoms with E-state index in [1.807, 2.05) is 0 Å². The lowest BCUT2D eigenvalue weighted by molar-refractivity contribution is 0.563. The van der Waals surface area contributed by atoms with Gasteiger partial charge in [-0.25, -0.2) is 0 Å². The van der Waals surface area contributed by atoms with Gasteiger partial charge in [-0.2, -0.15) is 0 Å². The maximum atomic E-state index is 2.60. The Bertz CT molecular complexity index is 2980. The van der Waals surface area contributed by atoms with Crippen molar-refractivity contribution in [2.24, 2.45) is 0 Å². The molecule has 0 radical (unpaired) electrons. The first kappa shape index (κ1) is 32.8. The van der Waals surface area contributed by atoms with Crippen molar-refractivity contribution < 1.29 is 0 Å². The van der Waals surface area contributed by atoms with E-state index >= 15 is 0 Å². The Morgan fingerprint density at radius 2 is 1.21 bits per heavy atom. The average molecular weight is 730 g/mol. The third-order valence-electron chi connectivity index (χ3n) is 13.8. The van der Waals surface area contributed by atoms with Gasteiger partial charge in [0, 0.05) is 21.8 Å². The summed E-state index contributed by atoms with van der Waals surface area (Å²) in [6.45, 7) is 0. The number of allylic oxidation sites excluding steroid dienone is 12. The van der Waals surface area contributed by atoms with Crippen LogP contribution in [0.15, 0.2) is 211 Å². The summed E-state index contributed by atoms with van der Waals surface area (Å²) in [6.07, 6.45) is 21.7. The molecule has 57 heavy (non-hydrogen) atoms. The lowest BCUT2D eigenvalue weighted by Gasteiger charge is -2.52. The fourth-order valence-corrected chi connectivity index (χ4v) is 11.8. The van der Waals surface area contributed by atoms with Crippen molar-refractivity contribution in [1.29, 1.82) is 0 Å². The van der Waals surface area contributed by atoms with Crippen molar-refractivity contribution in [2.75, 3.05) is 0 Å². The van der Waals surface area contributed by atoms with E-state index in [2.05, 4.69) is 199 Å². The molecule has 3 atom stereocenters. The van der Waals surface area contributed by atoms with Gasteiger partial charge >= 0.3 is 0 Å². The second kappa shape index (κ2) is 12.5. The molecule has 5 aliphatic carbocycles. The molecule has 12 rings (SSSR count). The van der Waals surface area contributed by atoms with Crippen LogP contribution in [-0.2, 0) is 10.8 Å².